The summed E-state index contributed by atoms with van der Waals surface area (Å²) >= 11 is 0. The van der Waals surface area contributed by atoms with Crippen molar-refractivity contribution in [3.05, 3.63) is 17.2 Å². The Morgan fingerprint density at radius 3 is 1.66 bits per heavy atom. The van der Waals surface area contributed by atoms with E-state index in [2.05, 4.69) is 13.8 Å². The number of ether oxygens (including phenoxy) is 1. The van der Waals surface area contributed by atoms with Gasteiger partial charge in [0.1, 0.15) is 0 Å². The lowest BCUT2D eigenvalue weighted by Gasteiger charge is -2.18. The van der Waals surface area contributed by atoms with E-state index in [0.29, 0.717) is 12.4 Å². The van der Waals surface area contributed by atoms with Gasteiger partial charge in [-0.2, -0.15) is 0 Å². The van der Waals surface area contributed by atoms with Gasteiger partial charge in [-0.25, -0.2) is 0 Å². The molecule has 1 aromatic rings. The van der Waals surface area contributed by atoms with E-state index in [0.717, 1.165) is 36.8 Å². The lowest BCUT2D eigenvalue weighted by atomic mass is 9.94. The van der Waals surface area contributed by atoms with Crippen LogP contribution >= 0.6 is 0 Å². The summed E-state index contributed by atoms with van der Waals surface area (Å²) in [5, 5.41) is 20.5. The highest BCUT2D eigenvalue weighted by molar-refractivity contribution is 5.57. The van der Waals surface area contributed by atoms with E-state index in [4.69, 9.17) is 4.74 Å². The molecule has 168 valence electrons. The molecule has 0 aliphatic carbocycles. The molecule has 0 fully saturated rings. The Kier molecular flexibility index (Phi) is 14.5. The minimum atomic E-state index is -0.0897. The van der Waals surface area contributed by atoms with Gasteiger partial charge in [-0.1, -0.05) is 90.9 Å². The average molecular weight is 407 g/mol. The van der Waals surface area contributed by atoms with Gasteiger partial charge in [0.2, 0.25) is 5.75 Å². The maximum Gasteiger partial charge on any atom is 0.200 e. The molecule has 0 saturated heterocycles. The summed E-state index contributed by atoms with van der Waals surface area (Å²) in [6.07, 6.45) is 19.7. The first-order valence-electron chi connectivity index (χ1n) is 12.3. The SMILES string of the molecule is CCCCCCCCCc1cc(O)c(O)c(OCC)c1CCCCCCCCC. The molecule has 0 aliphatic heterocycles. The molecular weight excluding hydrogens is 360 g/mol. The van der Waals surface area contributed by atoms with Crippen LogP contribution in [0.2, 0.25) is 0 Å². The van der Waals surface area contributed by atoms with E-state index in [1.165, 1.54) is 77.0 Å². The molecule has 0 heterocycles. The number of hydrogen-bond acceptors (Lipinski definition) is 3. The molecule has 0 saturated carbocycles. The standard InChI is InChI=1S/C26H46O3/c1-4-7-9-11-13-15-17-19-22-21-24(27)25(28)26(29-6-3)23(22)20-18-16-14-12-10-8-5-2/h21,27-28H,4-20H2,1-3H3. The number of unbranched alkanes of at least 4 members (excludes halogenated alkanes) is 12. The van der Waals surface area contributed by atoms with E-state index in [1.807, 2.05) is 6.92 Å². The second-order valence-corrected chi connectivity index (χ2v) is 8.39. The molecule has 0 aliphatic rings. The van der Waals surface area contributed by atoms with Crippen molar-refractivity contribution in [2.45, 2.75) is 124 Å². The third kappa shape index (κ3) is 10.3. The number of aromatic hydroxyl groups is 2. The summed E-state index contributed by atoms with van der Waals surface area (Å²) in [5.74, 6) is 0.374. The highest BCUT2D eigenvalue weighted by atomic mass is 16.5. The number of phenolic OH excluding ortho intramolecular Hbond substituents is 2. The predicted molar refractivity (Wildman–Crippen MR) is 124 cm³/mol. The van der Waals surface area contributed by atoms with Crippen LogP contribution in [-0.2, 0) is 12.8 Å². The fraction of sp³-hybridized carbons (Fsp3) is 0.769. The van der Waals surface area contributed by atoms with E-state index in [9.17, 15) is 10.2 Å². The van der Waals surface area contributed by atoms with Crippen LogP contribution in [0.15, 0.2) is 6.07 Å². The summed E-state index contributed by atoms with van der Waals surface area (Å²) < 4.78 is 5.76. The second kappa shape index (κ2) is 16.4. The first-order chi connectivity index (χ1) is 14.2. The Bertz CT molecular complexity index is 539. The van der Waals surface area contributed by atoms with E-state index in [-0.39, 0.29) is 11.5 Å². The lowest BCUT2D eigenvalue weighted by Crippen LogP contribution is -2.03. The van der Waals surface area contributed by atoms with Gasteiger partial charge in [0, 0.05) is 5.56 Å². The molecule has 0 radical (unpaired) electrons. The molecule has 0 spiro atoms. The first-order valence-corrected chi connectivity index (χ1v) is 12.3. The third-order valence-corrected chi connectivity index (χ3v) is 5.80. The van der Waals surface area contributed by atoms with Crippen LogP contribution in [0, 0.1) is 0 Å². The van der Waals surface area contributed by atoms with Crippen molar-refractivity contribution < 1.29 is 14.9 Å². The fourth-order valence-corrected chi connectivity index (χ4v) is 4.05. The monoisotopic (exact) mass is 406 g/mol. The highest BCUT2D eigenvalue weighted by Crippen LogP contribution is 2.42. The predicted octanol–water partition coefficient (Wildman–Crippen LogP) is 8.08. The van der Waals surface area contributed by atoms with Gasteiger partial charge in [-0.15, -0.1) is 0 Å². The zero-order valence-electron chi connectivity index (χ0n) is 19.4. The van der Waals surface area contributed by atoms with Gasteiger partial charge in [0.15, 0.2) is 11.5 Å². The maximum atomic E-state index is 10.4. The van der Waals surface area contributed by atoms with Gasteiger partial charge in [0.25, 0.3) is 0 Å². The number of rotatable bonds is 18. The third-order valence-electron chi connectivity index (χ3n) is 5.80. The molecule has 0 atom stereocenters. The van der Waals surface area contributed by atoms with Gasteiger partial charge in [0.05, 0.1) is 6.61 Å². The maximum absolute atomic E-state index is 10.4. The van der Waals surface area contributed by atoms with E-state index < -0.39 is 0 Å². The smallest absolute Gasteiger partial charge is 0.200 e. The molecule has 3 heteroatoms. The summed E-state index contributed by atoms with van der Waals surface area (Å²) in [4.78, 5) is 0. The Labute approximate surface area is 179 Å². The van der Waals surface area contributed by atoms with Crippen molar-refractivity contribution in [1.29, 1.82) is 0 Å². The van der Waals surface area contributed by atoms with Crippen molar-refractivity contribution >= 4 is 0 Å². The Balaban J connectivity index is 2.64. The van der Waals surface area contributed by atoms with Crippen LogP contribution in [-0.4, -0.2) is 16.8 Å². The molecule has 1 aromatic carbocycles. The molecule has 0 unspecified atom stereocenters. The lowest BCUT2D eigenvalue weighted by molar-refractivity contribution is 0.304. The van der Waals surface area contributed by atoms with Crippen molar-refractivity contribution in [3.63, 3.8) is 0 Å². The zero-order valence-corrected chi connectivity index (χ0v) is 19.4. The quantitative estimate of drug-likeness (QED) is 0.191. The molecule has 0 amide bonds. The van der Waals surface area contributed by atoms with Crippen molar-refractivity contribution in [1.82, 2.24) is 0 Å². The highest BCUT2D eigenvalue weighted by Gasteiger charge is 2.18. The van der Waals surface area contributed by atoms with Crippen LogP contribution in [0.1, 0.15) is 122 Å². The number of hydrogen-bond donors (Lipinski definition) is 2. The van der Waals surface area contributed by atoms with Crippen molar-refractivity contribution in [2.24, 2.45) is 0 Å². The largest absolute Gasteiger partial charge is 0.504 e. The fourth-order valence-electron chi connectivity index (χ4n) is 4.05. The summed E-state index contributed by atoms with van der Waals surface area (Å²) in [7, 11) is 0. The Morgan fingerprint density at radius 2 is 1.14 bits per heavy atom. The molecule has 29 heavy (non-hydrogen) atoms. The molecule has 3 nitrogen and oxygen atoms in total. The van der Waals surface area contributed by atoms with Crippen molar-refractivity contribution in [3.8, 4) is 17.2 Å². The molecule has 0 bridgehead atoms. The Hall–Kier alpha value is -1.38. The van der Waals surface area contributed by atoms with Crippen LogP contribution in [0.25, 0.3) is 0 Å². The van der Waals surface area contributed by atoms with Crippen LogP contribution < -0.4 is 4.74 Å². The van der Waals surface area contributed by atoms with Crippen LogP contribution in [0.3, 0.4) is 0 Å². The number of aryl methyl sites for hydroxylation is 1. The van der Waals surface area contributed by atoms with E-state index in [1.54, 1.807) is 6.07 Å². The number of phenols is 2. The van der Waals surface area contributed by atoms with Gasteiger partial charge in [-0.05, 0) is 44.2 Å². The Morgan fingerprint density at radius 1 is 0.655 bits per heavy atom. The average Bonchev–Trinajstić information content (AvgIpc) is 2.72. The minimum Gasteiger partial charge on any atom is -0.504 e. The van der Waals surface area contributed by atoms with Gasteiger partial charge >= 0.3 is 0 Å². The summed E-state index contributed by atoms with van der Waals surface area (Å²) in [6.45, 7) is 6.92. The zero-order chi connectivity index (χ0) is 21.3. The van der Waals surface area contributed by atoms with Crippen molar-refractivity contribution in [2.75, 3.05) is 6.61 Å². The minimum absolute atomic E-state index is 0.0466. The first kappa shape index (κ1) is 25.7. The van der Waals surface area contributed by atoms with Crippen LogP contribution in [0.4, 0.5) is 0 Å². The number of benzene rings is 1. The molecular formula is C26H46O3. The second-order valence-electron chi connectivity index (χ2n) is 8.39. The topological polar surface area (TPSA) is 49.7 Å². The molecule has 0 aromatic heterocycles. The summed E-state index contributed by atoms with van der Waals surface area (Å²) in [6, 6.07) is 1.77. The normalized spacial score (nSPS) is 11.1. The summed E-state index contributed by atoms with van der Waals surface area (Å²) in [5.41, 5.74) is 2.27. The molecule has 2 N–H and O–H groups in total. The molecule has 1 rings (SSSR count). The van der Waals surface area contributed by atoms with Gasteiger partial charge in [-0.3, -0.25) is 0 Å². The van der Waals surface area contributed by atoms with Gasteiger partial charge < -0.3 is 14.9 Å². The van der Waals surface area contributed by atoms with E-state index >= 15 is 0 Å². The van der Waals surface area contributed by atoms with Crippen LogP contribution in [0.5, 0.6) is 17.2 Å².